The number of benzene rings is 1. The number of H-pyrrole nitrogens is 1. The van der Waals surface area contributed by atoms with E-state index in [0.717, 1.165) is 24.8 Å². The number of para-hydroxylation sites is 1. The Morgan fingerprint density at radius 1 is 1.22 bits per heavy atom. The topological polar surface area (TPSA) is 71.2 Å². The van der Waals surface area contributed by atoms with Crippen LogP contribution in [0.15, 0.2) is 30.5 Å². The molecule has 5 heteroatoms. The molecule has 0 aliphatic heterocycles. The lowest BCUT2D eigenvalue weighted by Gasteiger charge is -2.34. The molecule has 0 saturated heterocycles. The zero-order valence-electron chi connectivity index (χ0n) is 16.3. The fourth-order valence-corrected chi connectivity index (χ4v) is 4.01. The van der Waals surface area contributed by atoms with Crippen molar-refractivity contribution in [2.45, 2.75) is 58.4 Å². The molecule has 0 radical (unpaired) electrons. The molecule has 1 amide bonds. The lowest BCUT2D eigenvalue weighted by Crippen LogP contribution is -2.45. The minimum absolute atomic E-state index is 0.177. The van der Waals surface area contributed by atoms with Gasteiger partial charge in [0.05, 0.1) is 0 Å². The van der Waals surface area contributed by atoms with Gasteiger partial charge in [-0.15, -0.1) is 0 Å². The molecule has 1 heterocycles. The Balaban J connectivity index is 1.36. The van der Waals surface area contributed by atoms with Gasteiger partial charge in [-0.25, -0.2) is 0 Å². The fraction of sp³-hybridized carbons (Fsp3) is 0.545. The summed E-state index contributed by atoms with van der Waals surface area (Å²) in [6.07, 6.45) is 7.21. The Morgan fingerprint density at radius 2 is 2.04 bits per heavy atom. The summed E-state index contributed by atoms with van der Waals surface area (Å²) in [5.41, 5.74) is 2.31. The van der Waals surface area contributed by atoms with Gasteiger partial charge in [-0.1, -0.05) is 44.9 Å². The number of aromatic amines is 1. The van der Waals surface area contributed by atoms with Gasteiger partial charge in [0, 0.05) is 29.6 Å². The van der Waals surface area contributed by atoms with Gasteiger partial charge in [0.15, 0.2) is 6.61 Å². The molecule has 1 aliphatic rings. The van der Waals surface area contributed by atoms with Gasteiger partial charge in [-0.3, -0.25) is 9.59 Å². The van der Waals surface area contributed by atoms with Crippen LogP contribution in [-0.4, -0.2) is 29.5 Å². The monoisotopic (exact) mass is 370 g/mol. The molecule has 5 nitrogen and oxygen atoms in total. The number of nitrogens with one attached hydrogen (secondary N) is 2. The van der Waals surface area contributed by atoms with Crippen LogP contribution < -0.4 is 5.32 Å². The maximum atomic E-state index is 12.1. The number of aryl methyl sites for hydroxylation is 1. The molecule has 0 bridgehead atoms. The summed E-state index contributed by atoms with van der Waals surface area (Å²) in [5, 5.41) is 4.23. The van der Waals surface area contributed by atoms with E-state index in [-0.39, 0.29) is 24.5 Å². The van der Waals surface area contributed by atoms with Crippen molar-refractivity contribution in [3.63, 3.8) is 0 Å². The van der Waals surface area contributed by atoms with E-state index in [0.29, 0.717) is 24.7 Å². The summed E-state index contributed by atoms with van der Waals surface area (Å²) in [6.45, 7) is 4.24. The molecule has 2 aromatic rings. The van der Waals surface area contributed by atoms with Crippen LogP contribution in [0.1, 0.15) is 51.5 Å². The van der Waals surface area contributed by atoms with E-state index < -0.39 is 0 Å². The normalized spacial score (nSPS) is 22.5. The number of carbonyl (C=O) groups is 2. The zero-order chi connectivity index (χ0) is 19.2. The summed E-state index contributed by atoms with van der Waals surface area (Å²) in [7, 11) is 0. The van der Waals surface area contributed by atoms with Crippen molar-refractivity contribution in [3.05, 3.63) is 36.0 Å². The average molecular weight is 370 g/mol. The van der Waals surface area contributed by atoms with Crippen molar-refractivity contribution in [1.29, 1.82) is 0 Å². The minimum Gasteiger partial charge on any atom is -0.456 e. The van der Waals surface area contributed by atoms with Crippen LogP contribution in [0.3, 0.4) is 0 Å². The number of aromatic nitrogens is 1. The standard InChI is InChI=1S/C22H30N2O3/c1-15-7-5-11-19(16(15)2)24-21(25)14-27-22(26)12-6-8-17-13-23-20-10-4-3-9-18(17)20/h3-4,9-10,13,15-16,19,23H,5-8,11-12,14H2,1-2H3,(H,24,25). The lowest BCUT2D eigenvalue weighted by molar-refractivity contribution is -0.149. The molecule has 0 spiro atoms. The van der Waals surface area contributed by atoms with Crippen LogP contribution in [-0.2, 0) is 20.7 Å². The lowest BCUT2D eigenvalue weighted by atomic mass is 9.78. The van der Waals surface area contributed by atoms with E-state index >= 15 is 0 Å². The minimum atomic E-state index is -0.310. The van der Waals surface area contributed by atoms with E-state index in [1.54, 1.807) is 0 Å². The Labute approximate surface area is 160 Å². The Hall–Kier alpha value is -2.30. The van der Waals surface area contributed by atoms with Crippen LogP contribution in [0.4, 0.5) is 0 Å². The Morgan fingerprint density at radius 3 is 2.89 bits per heavy atom. The summed E-state index contributed by atoms with van der Waals surface area (Å²) in [5.74, 6) is 0.590. The number of esters is 1. The maximum Gasteiger partial charge on any atom is 0.306 e. The van der Waals surface area contributed by atoms with Gasteiger partial charge in [0.1, 0.15) is 0 Å². The molecule has 27 heavy (non-hydrogen) atoms. The predicted octanol–water partition coefficient (Wildman–Crippen LogP) is 3.97. The van der Waals surface area contributed by atoms with Gasteiger partial charge < -0.3 is 15.0 Å². The van der Waals surface area contributed by atoms with Crippen LogP contribution >= 0.6 is 0 Å². The quantitative estimate of drug-likeness (QED) is 0.724. The van der Waals surface area contributed by atoms with Crippen molar-refractivity contribution < 1.29 is 14.3 Å². The van der Waals surface area contributed by atoms with Crippen LogP contribution in [0.25, 0.3) is 10.9 Å². The second kappa shape index (κ2) is 9.07. The van der Waals surface area contributed by atoms with E-state index in [9.17, 15) is 9.59 Å². The molecule has 1 saturated carbocycles. The molecule has 3 unspecified atom stereocenters. The SMILES string of the molecule is CC1CCCC(NC(=O)COC(=O)CCCc2c[nH]c3ccccc23)C1C. The highest BCUT2D eigenvalue weighted by atomic mass is 16.5. The Kier molecular flexibility index (Phi) is 6.54. The van der Waals surface area contributed by atoms with Crippen LogP contribution in [0.2, 0.25) is 0 Å². The number of ether oxygens (including phenoxy) is 1. The first-order chi connectivity index (χ1) is 13.0. The second-order valence-corrected chi connectivity index (χ2v) is 7.82. The van der Waals surface area contributed by atoms with E-state index in [1.165, 1.54) is 17.4 Å². The van der Waals surface area contributed by atoms with Gasteiger partial charge in [-0.05, 0) is 42.7 Å². The molecule has 3 atom stereocenters. The molecular formula is C22H30N2O3. The number of amides is 1. The second-order valence-electron chi connectivity index (χ2n) is 7.82. The third-order valence-electron chi connectivity index (χ3n) is 5.92. The summed E-state index contributed by atoms with van der Waals surface area (Å²) in [4.78, 5) is 27.3. The zero-order valence-corrected chi connectivity index (χ0v) is 16.3. The predicted molar refractivity (Wildman–Crippen MR) is 106 cm³/mol. The number of hydrogen-bond acceptors (Lipinski definition) is 3. The van der Waals surface area contributed by atoms with Crippen molar-refractivity contribution in [3.8, 4) is 0 Å². The molecule has 1 aromatic heterocycles. The van der Waals surface area contributed by atoms with Gasteiger partial charge >= 0.3 is 5.97 Å². The summed E-state index contributed by atoms with van der Waals surface area (Å²) < 4.78 is 5.16. The molecule has 1 aliphatic carbocycles. The first-order valence-electron chi connectivity index (χ1n) is 10.0. The molecule has 1 fully saturated rings. The first-order valence-corrected chi connectivity index (χ1v) is 10.0. The van der Waals surface area contributed by atoms with E-state index in [1.807, 2.05) is 24.4 Å². The molecule has 146 valence electrons. The highest BCUT2D eigenvalue weighted by Gasteiger charge is 2.28. The third kappa shape index (κ3) is 5.12. The van der Waals surface area contributed by atoms with Crippen molar-refractivity contribution in [1.82, 2.24) is 10.3 Å². The smallest absolute Gasteiger partial charge is 0.306 e. The summed E-state index contributed by atoms with van der Waals surface area (Å²) >= 11 is 0. The number of hydrogen-bond donors (Lipinski definition) is 2. The largest absolute Gasteiger partial charge is 0.456 e. The van der Waals surface area contributed by atoms with Crippen molar-refractivity contribution in [2.24, 2.45) is 11.8 Å². The highest BCUT2D eigenvalue weighted by Crippen LogP contribution is 2.29. The van der Waals surface area contributed by atoms with Crippen LogP contribution in [0, 0.1) is 11.8 Å². The molecular weight excluding hydrogens is 340 g/mol. The summed E-state index contributed by atoms with van der Waals surface area (Å²) in [6, 6.07) is 8.33. The fourth-order valence-electron chi connectivity index (χ4n) is 4.01. The third-order valence-corrected chi connectivity index (χ3v) is 5.92. The van der Waals surface area contributed by atoms with Gasteiger partial charge in [-0.2, -0.15) is 0 Å². The van der Waals surface area contributed by atoms with Crippen molar-refractivity contribution >= 4 is 22.8 Å². The van der Waals surface area contributed by atoms with Crippen molar-refractivity contribution in [2.75, 3.05) is 6.61 Å². The molecule has 3 rings (SSSR count). The van der Waals surface area contributed by atoms with E-state index in [4.69, 9.17) is 4.74 Å². The van der Waals surface area contributed by atoms with Gasteiger partial charge in [0.25, 0.3) is 5.91 Å². The number of rotatable bonds is 7. The van der Waals surface area contributed by atoms with Gasteiger partial charge in [0.2, 0.25) is 0 Å². The van der Waals surface area contributed by atoms with E-state index in [2.05, 4.69) is 30.2 Å². The first kappa shape index (κ1) is 19.5. The average Bonchev–Trinajstić information content (AvgIpc) is 3.07. The van der Waals surface area contributed by atoms with Crippen LogP contribution in [0.5, 0.6) is 0 Å². The number of carbonyl (C=O) groups excluding carboxylic acids is 2. The Bertz CT molecular complexity index is 783. The molecule has 1 aromatic carbocycles. The maximum absolute atomic E-state index is 12.1. The number of fused-ring (bicyclic) bond motifs is 1. The highest BCUT2D eigenvalue weighted by molar-refractivity contribution is 5.83. The molecule has 2 N–H and O–H groups in total.